The largest absolute Gasteiger partial charge is 0.488 e. The Labute approximate surface area is 134 Å². The molecule has 7 nitrogen and oxygen atoms in total. The van der Waals surface area contributed by atoms with Gasteiger partial charge in [0.1, 0.15) is 11.7 Å². The van der Waals surface area contributed by atoms with Crippen molar-refractivity contribution in [2.45, 2.75) is 18.9 Å². The number of pyridine rings is 1. The average molecular weight is 392 g/mol. The Balaban J connectivity index is 2.06. The molecular formula is C12H11BrFN3O4S. The summed E-state index contributed by atoms with van der Waals surface area (Å²) in [5, 5.41) is 3.32. The Morgan fingerprint density at radius 3 is 2.95 bits per heavy atom. The van der Waals surface area contributed by atoms with Gasteiger partial charge in [-0.3, -0.25) is 4.79 Å². The van der Waals surface area contributed by atoms with Gasteiger partial charge < -0.3 is 14.1 Å². The summed E-state index contributed by atoms with van der Waals surface area (Å²) in [7, 11) is -5.13. The molecule has 1 unspecified atom stereocenters. The van der Waals surface area contributed by atoms with E-state index in [0.29, 0.717) is 24.0 Å². The monoisotopic (exact) mass is 391 g/mol. The van der Waals surface area contributed by atoms with Crippen LogP contribution in [0, 0.1) is 0 Å². The smallest absolute Gasteiger partial charge is 0.355 e. The number of fused-ring (bicyclic) bond motifs is 1. The fraction of sp³-hybridized carbons (Fsp3) is 0.333. The Morgan fingerprint density at radius 1 is 1.50 bits per heavy atom. The lowest BCUT2D eigenvalue weighted by Gasteiger charge is -2.23. The molecule has 2 aromatic heterocycles. The highest BCUT2D eigenvalue weighted by molar-refractivity contribution is 9.10. The van der Waals surface area contributed by atoms with Crippen molar-refractivity contribution in [2.24, 2.45) is 0 Å². The maximum Gasteiger partial charge on any atom is 0.488 e. The van der Waals surface area contributed by atoms with Crippen LogP contribution in [-0.4, -0.2) is 30.4 Å². The van der Waals surface area contributed by atoms with Gasteiger partial charge in [0.05, 0.1) is 10.7 Å². The highest BCUT2D eigenvalue weighted by atomic mass is 79.9. The number of nitrogens with zero attached hydrogens (tertiary/aromatic N) is 2. The van der Waals surface area contributed by atoms with Crippen molar-refractivity contribution in [3.05, 3.63) is 22.9 Å². The van der Waals surface area contributed by atoms with Gasteiger partial charge in [0.25, 0.3) is 0 Å². The van der Waals surface area contributed by atoms with Crippen molar-refractivity contribution < 1.29 is 21.3 Å². The molecule has 10 heteroatoms. The zero-order chi connectivity index (χ0) is 15.9. The van der Waals surface area contributed by atoms with Gasteiger partial charge in [-0.25, -0.2) is 4.98 Å². The lowest BCUT2D eigenvalue weighted by Crippen LogP contribution is -2.37. The third-order valence-corrected chi connectivity index (χ3v) is 4.62. The Morgan fingerprint density at radius 2 is 2.27 bits per heavy atom. The molecule has 0 bridgehead atoms. The van der Waals surface area contributed by atoms with E-state index < -0.39 is 10.5 Å². The zero-order valence-electron chi connectivity index (χ0n) is 11.1. The molecule has 3 rings (SSSR count). The molecule has 118 valence electrons. The fourth-order valence-corrected chi connectivity index (χ4v) is 3.43. The first-order valence-corrected chi connectivity index (χ1v) is 8.54. The number of hydrogen-bond acceptors (Lipinski definition) is 5. The van der Waals surface area contributed by atoms with Gasteiger partial charge in [-0.2, -0.15) is 8.42 Å². The number of aromatic nitrogens is 2. The van der Waals surface area contributed by atoms with Gasteiger partial charge in [0.2, 0.25) is 5.91 Å². The maximum absolute atomic E-state index is 12.6. The molecule has 1 aliphatic heterocycles. The van der Waals surface area contributed by atoms with E-state index in [0.717, 1.165) is 12.6 Å². The molecule has 0 aromatic carbocycles. The van der Waals surface area contributed by atoms with Crippen LogP contribution in [0.2, 0.25) is 0 Å². The van der Waals surface area contributed by atoms with Crippen molar-refractivity contribution in [2.75, 3.05) is 6.54 Å². The second-order valence-electron chi connectivity index (χ2n) is 4.82. The number of hydrogen-bond donors (Lipinski definition) is 1. The number of amides is 1. The minimum Gasteiger partial charge on any atom is -0.355 e. The quantitative estimate of drug-likeness (QED) is 0.806. The summed E-state index contributed by atoms with van der Waals surface area (Å²) in [6.07, 6.45) is 4.33. The third kappa shape index (κ3) is 2.80. The van der Waals surface area contributed by atoms with Crippen LogP contribution in [0.5, 0.6) is 5.75 Å². The Kier molecular flexibility index (Phi) is 3.81. The first-order valence-electron chi connectivity index (χ1n) is 6.43. The van der Waals surface area contributed by atoms with Crippen molar-refractivity contribution in [1.29, 1.82) is 0 Å². The summed E-state index contributed by atoms with van der Waals surface area (Å²) in [5.74, 6) is -0.339. The molecule has 0 aliphatic carbocycles. The molecule has 1 atom stereocenters. The van der Waals surface area contributed by atoms with E-state index in [2.05, 4.69) is 30.4 Å². The van der Waals surface area contributed by atoms with Crippen LogP contribution in [0.15, 0.2) is 22.9 Å². The van der Waals surface area contributed by atoms with Gasteiger partial charge >= 0.3 is 10.5 Å². The standard InChI is InChI=1S/C12H11BrFN3O4S/c13-10-7-3-5-17(8-2-1-4-15-12(8)18)11(7)16-6-9(10)21-22(14,19)20/h3,5-6,8H,1-2,4H2,(H,15,18). The minimum atomic E-state index is -5.13. The Bertz CT molecular complexity index is 851. The molecule has 0 saturated carbocycles. The summed E-state index contributed by atoms with van der Waals surface area (Å²) in [6.45, 7) is 0.651. The number of carbonyl (C=O) groups excluding carboxylic acids is 1. The Hall–Kier alpha value is -1.68. The molecule has 2 aromatic rings. The lowest BCUT2D eigenvalue weighted by molar-refractivity contribution is -0.125. The van der Waals surface area contributed by atoms with E-state index in [-0.39, 0.29) is 22.2 Å². The van der Waals surface area contributed by atoms with Crippen LogP contribution in [0.25, 0.3) is 11.0 Å². The molecule has 1 amide bonds. The van der Waals surface area contributed by atoms with Crippen LogP contribution < -0.4 is 9.50 Å². The molecule has 22 heavy (non-hydrogen) atoms. The van der Waals surface area contributed by atoms with Crippen molar-refractivity contribution in [3.63, 3.8) is 0 Å². The molecule has 0 spiro atoms. The normalized spacial score (nSPS) is 19.2. The number of rotatable bonds is 3. The van der Waals surface area contributed by atoms with Gasteiger partial charge in [0, 0.05) is 18.1 Å². The molecule has 1 saturated heterocycles. The number of piperidine rings is 1. The topological polar surface area (TPSA) is 90.3 Å². The number of carbonyl (C=O) groups is 1. The van der Waals surface area contributed by atoms with E-state index in [4.69, 9.17) is 0 Å². The molecule has 1 aliphatic rings. The van der Waals surface area contributed by atoms with Crippen molar-refractivity contribution >= 4 is 43.4 Å². The van der Waals surface area contributed by atoms with Crippen LogP contribution in [-0.2, 0) is 15.3 Å². The SMILES string of the molecule is O=C1NCCCC1n1ccc2c(Br)c(OS(=O)(=O)F)cnc21. The van der Waals surface area contributed by atoms with Gasteiger partial charge in [-0.15, -0.1) is 0 Å². The minimum absolute atomic E-state index is 0.0895. The number of nitrogens with one attached hydrogen (secondary N) is 1. The first kappa shape index (κ1) is 15.2. The third-order valence-electron chi connectivity index (χ3n) is 3.43. The van der Waals surface area contributed by atoms with Crippen molar-refractivity contribution in [3.8, 4) is 5.75 Å². The van der Waals surface area contributed by atoms with Crippen LogP contribution in [0.1, 0.15) is 18.9 Å². The summed E-state index contributed by atoms with van der Waals surface area (Å²) < 4.78 is 40.0. The highest BCUT2D eigenvalue weighted by Gasteiger charge is 2.26. The highest BCUT2D eigenvalue weighted by Crippen LogP contribution is 2.35. The van der Waals surface area contributed by atoms with E-state index in [1.165, 1.54) is 0 Å². The summed E-state index contributed by atoms with van der Waals surface area (Å²) in [4.78, 5) is 16.0. The second kappa shape index (κ2) is 5.51. The van der Waals surface area contributed by atoms with Crippen LogP contribution >= 0.6 is 15.9 Å². The van der Waals surface area contributed by atoms with Crippen molar-refractivity contribution in [1.82, 2.24) is 14.9 Å². The van der Waals surface area contributed by atoms with E-state index in [9.17, 15) is 17.1 Å². The van der Waals surface area contributed by atoms with E-state index in [1.807, 2.05) is 0 Å². The average Bonchev–Trinajstić information content (AvgIpc) is 2.86. The zero-order valence-corrected chi connectivity index (χ0v) is 13.5. The molecule has 3 heterocycles. The maximum atomic E-state index is 12.6. The predicted molar refractivity (Wildman–Crippen MR) is 79.4 cm³/mol. The molecule has 1 N–H and O–H groups in total. The van der Waals surface area contributed by atoms with Gasteiger partial charge in [-0.05, 0) is 34.8 Å². The summed E-state index contributed by atoms with van der Waals surface area (Å²) in [5.41, 5.74) is 0.484. The van der Waals surface area contributed by atoms with Crippen LogP contribution in [0.4, 0.5) is 3.89 Å². The number of halogens is 2. The summed E-state index contributed by atoms with van der Waals surface area (Å²) in [6, 6.07) is 1.29. The van der Waals surface area contributed by atoms with E-state index in [1.54, 1.807) is 16.8 Å². The second-order valence-corrected chi connectivity index (χ2v) is 6.57. The van der Waals surface area contributed by atoms with Gasteiger partial charge in [-0.1, -0.05) is 3.89 Å². The van der Waals surface area contributed by atoms with E-state index >= 15 is 0 Å². The summed E-state index contributed by atoms with van der Waals surface area (Å²) >= 11 is 3.18. The first-order chi connectivity index (χ1) is 10.4. The lowest BCUT2D eigenvalue weighted by atomic mass is 10.1. The molecule has 1 fully saturated rings. The van der Waals surface area contributed by atoms with Gasteiger partial charge in [0.15, 0.2) is 5.75 Å². The molecule has 0 radical (unpaired) electrons. The molecular weight excluding hydrogens is 381 g/mol. The fourth-order valence-electron chi connectivity index (χ4n) is 2.49. The van der Waals surface area contributed by atoms with Crippen LogP contribution in [0.3, 0.4) is 0 Å². The predicted octanol–water partition coefficient (Wildman–Crippen LogP) is 1.84.